The number of hydrogen-bond donors (Lipinski definition) is 1. The van der Waals surface area contributed by atoms with E-state index in [0.717, 1.165) is 5.56 Å². The van der Waals surface area contributed by atoms with Gasteiger partial charge in [0.25, 0.3) is 5.91 Å². The average molecular weight is 550 g/mol. The van der Waals surface area contributed by atoms with Crippen LogP contribution in [0.5, 0.6) is 0 Å². The van der Waals surface area contributed by atoms with Crippen LogP contribution in [0.1, 0.15) is 40.0 Å². The highest BCUT2D eigenvalue weighted by atomic mass is 79.9. The van der Waals surface area contributed by atoms with Gasteiger partial charge in [0.05, 0.1) is 18.3 Å². The largest absolute Gasteiger partial charge is 0.348 e. The second-order valence-corrected chi connectivity index (χ2v) is 9.01. The zero-order valence-electron chi connectivity index (χ0n) is 18.7. The smallest absolute Gasteiger partial charge is 0.325 e. The Morgan fingerprint density at radius 2 is 1.69 bits per heavy atom. The number of urea groups is 1. The molecule has 35 heavy (non-hydrogen) atoms. The lowest BCUT2D eigenvalue weighted by Gasteiger charge is -2.40. The minimum Gasteiger partial charge on any atom is -0.348 e. The lowest BCUT2D eigenvalue weighted by Crippen LogP contribution is -2.46. The summed E-state index contributed by atoms with van der Waals surface area (Å²) in [6.07, 6.45) is 0. The summed E-state index contributed by atoms with van der Waals surface area (Å²) >= 11 is 3.32. The predicted molar refractivity (Wildman–Crippen MR) is 126 cm³/mol. The molecule has 10 heteroatoms. The van der Waals surface area contributed by atoms with Crippen LogP contribution in [0.25, 0.3) is 0 Å². The normalized spacial score (nSPS) is 15.3. The third-order valence-corrected chi connectivity index (χ3v) is 6.80. The molecule has 182 valence electrons. The Hall–Kier alpha value is -3.40. The van der Waals surface area contributed by atoms with Crippen LogP contribution in [0.4, 0.5) is 28.0 Å². The Bertz CT molecular complexity index is 1290. The second-order valence-electron chi connectivity index (χ2n) is 8.16. The zero-order chi connectivity index (χ0) is 25.4. The SMILES string of the molecule is CC1c2ccc(C(=O)NCc3c(F)cc(F)cc3F)cc2N(Cc2c(F)cccc2Br)C(=O)N1C. The second kappa shape index (κ2) is 9.69. The summed E-state index contributed by atoms with van der Waals surface area (Å²) in [5, 5.41) is 2.41. The highest BCUT2D eigenvalue weighted by Gasteiger charge is 2.34. The van der Waals surface area contributed by atoms with E-state index in [1.165, 1.54) is 34.1 Å². The number of benzene rings is 3. The van der Waals surface area contributed by atoms with Crippen LogP contribution in [0.2, 0.25) is 0 Å². The molecule has 0 spiro atoms. The summed E-state index contributed by atoms with van der Waals surface area (Å²) in [6.45, 7) is 1.23. The Balaban J connectivity index is 1.65. The van der Waals surface area contributed by atoms with Gasteiger partial charge in [0.2, 0.25) is 0 Å². The van der Waals surface area contributed by atoms with Gasteiger partial charge in [-0.1, -0.05) is 28.1 Å². The molecule has 3 aromatic rings. The lowest BCUT2D eigenvalue weighted by atomic mass is 9.98. The molecule has 1 atom stereocenters. The molecule has 3 aromatic carbocycles. The van der Waals surface area contributed by atoms with Crippen molar-refractivity contribution in [2.45, 2.75) is 26.1 Å². The first-order chi connectivity index (χ1) is 16.6. The molecule has 0 radical (unpaired) electrons. The zero-order valence-corrected chi connectivity index (χ0v) is 20.3. The van der Waals surface area contributed by atoms with E-state index >= 15 is 0 Å². The first kappa shape index (κ1) is 24.7. The standard InChI is InChI=1S/C25H20BrF4N3O2/c1-13-16-7-6-14(24(34)31-11-17-21(29)9-15(27)10-22(17)30)8-23(16)33(25(35)32(13)2)12-18-19(26)4-3-5-20(18)28/h3-10,13H,11-12H2,1-2H3,(H,31,34). The molecule has 1 N–H and O–H groups in total. The highest BCUT2D eigenvalue weighted by Crippen LogP contribution is 2.38. The summed E-state index contributed by atoms with van der Waals surface area (Å²) in [5.41, 5.74) is 1.09. The van der Waals surface area contributed by atoms with Gasteiger partial charge in [0.15, 0.2) is 0 Å². The summed E-state index contributed by atoms with van der Waals surface area (Å²) in [5.74, 6) is -4.43. The third kappa shape index (κ3) is 4.75. The highest BCUT2D eigenvalue weighted by molar-refractivity contribution is 9.10. The molecule has 3 amide bonds. The van der Waals surface area contributed by atoms with E-state index in [1.54, 1.807) is 19.2 Å². The Morgan fingerprint density at radius 3 is 2.34 bits per heavy atom. The Morgan fingerprint density at radius 1 is 1.00 bits per heavy atom. The molecule has 0 saturated heterocycles. The molecular weight excluding hydrogens is 530 g/mol. The number of carbonyl (C=O) groups excluding carboxylic acids is 2. The quantitative estimate of drug-likeness (QED) is 0.393. The Kier molecular flexibility index (Phi) is 6.84. The van der Waals surface area contributed by atoms with Gasteiger partial charge in [-0.2, -0.15) is 0 Å². The van der Waals surface area contributed by atoms with E-state index in [0.29, 0.717) is 22.3 Å². The van der Waals surface area contributed by atoms with Crippen LogP contribution in [0.3, 0.4) is 0 Å². The van der Waals surface area contributed by atoms with Gasteiger partial charge in [-0.05, 0) is 36.8 Å². The van der Waals surface area contributed by atoms with Crippen molar-refractivity contribution in [2.24, 2.45) is 0 Å². The number of nitrogens with zero attached hydrogens (tertiary/aromatic N) is 2. The van der Waals surface area contributed by atoms with Gasteiger partial charge in [0, 0.05) is 46.9 Å². The van der Waals surface area contributed by atoms with Crippen molar-refractivity contribution < 1.29 is 27.2 Å². The van der Waals surface area contributed by atoms with Gasteiger partial charge in [-0.15, -0.1) is 0 Å². The van der Waals surface area contributed by atoms with Crippen molar-refractivity contribution in [3.05, 3.63) is 98.5 Å². The molecular formula is C25H20BrF4N3O2. The topological polar surface area (TPSA) is 52.7 Å². The Labute approximate surface area is 207 Å². The number of nitrogens with one attached hydrogen (secondary N) is 1. The molecule has 1 aliphatic rings. The van der Waals surface area contributed by atoms with Crippen molar-refractivity contribution in [3.8, 4) is 0 Å². The van der Waals surface area contributed by atoms with Crippen molar-refractivity contribution in [1.29, 1.82) is 0 Å². The molecule has 0 saturated carbocycles. The lowest BCUT2D eigenvalue weighted by molar-refractivity contribution is 0.0950. The van der Waals surface area contributed by atoms with Crippen LogP contribution in [0.15, 0.2) is 53.0 Å². The maximum atomic E-state index is 14.5. The maximum absolute atomic E-state index is 14.5. The van der Waals surface area contributed by atoms with E-state index in [1.807, 2.05) is 6.92 Å². The van der Waals surface area contributed by atoms with E-state index in [2.05, 4.69) is 21.2 Å². The number of anilines is 1. The average Bonchev–Trinajstić information content (AvgIpc) is 2.80. The van der Waals surface area contributed by atoms with Crippen molar-refractivity contribution in [3.63, 3.8) is 0 Å². The number of rotatable bonds is 5. The minimum atomic E-state index is -1.11. The maximum Gasteiger partial charge on any atom is 0.325 e. The van der Waals surface area contributed by atoms with Crippen LogP contribution in [0, 0.1) is 23.3 Å². The third-order valence-electron chi connectivity index (χ3n) is 6.06. The summed E-state index contributed by atoms with van der Waals surface area (Å²) < 4.78 is 56.0. The number of carbonyl (C=O) groups is 2. The number of halogens is 5. The molecule has 0 bridgehead atoms. The molecule has 1 aliphatic heterocycles. The molecule has 1 unspecified atom stereocenters. The van der Waals surface area contributed by atoms with Crippen LogP contribution in [-0.2, 0) is 13.1 Å². The van der Waals surface area contributed by atoms with E-state index in [9.17, 15) is 27.2 Å². The molecule has 0 aromatic heterocycles. The number of amides is 3. The van der Waals surface area contributed by atoms with Crippen LogP contribution < -0.4 is 10.2 Å². The molecule has 4 rings (SSSR count). The first-order valence-electron chi connectivity index (χ1n) is 10.6. The van der Waals surface area contributed by atoms with Gasteiger partial charge < -0.3 is 10.2 Å². The number of hydrogen-bond acceptors (Lipinski definition) is 2. The van der Waals surface area contributed by atoms with E-state index in [4.69, 9.17) is 0 Å². The summed E-state index contributed by atoms with van der Waals surface area (Å²) in [7, 11) is 1.63. The summed E-state index contributed by atoms with van der Waals surface area (Å²) in [4.78, 5) is 28.8. The van der Waals surface area contributed by atoms with E-state index < -0.39 is 41.3 Å². The molecule has 5 nitrogen and oxygen atoms in total. The van der Waals surface area contributed by atoms with Gasteiger partial charge >= 0.3 is 6.03 Å². The van der Waals surface area contributed by atoms with Crippen molar-refractivity contribution in [1.82, 2.24) is 10.2 Å². The number of fused-ring (bicyclic) bond motifs is 1. The van der Waals surface area contributed by atoms with Crippen molar-refractivity contribution >= 4 is 33.6 Å². The monoisotopic (exact) mass is 549 g/mol. The van der Waals surface area contributed by atoms with Gasteiger partial charge in [0.1, 0.15) is 23.3 Å². The summed E-state index contributed by atoms with van der Waals surface area (Å²) in [6, 6.07) is 9.57. The van der Waals surface area contributed by atoms with Gasteiger partial charge in [-0.25, -0.2) is 22.4 Å². The van der Waals surface area contributed by atoms with Crippen LogP contribution in [-0.4, -0.2) is 23.9 Å². The molecule has 1 heterocycles. The molecule has 0 fully saturated rings. The van der Waals surface area contributed by atoms with Crippen molar-refractivity contribution in [2.75, 3.05) is 11.9 Å². The molecule has 0 aliphatic carbocycles. The fraction of sp³-hybridized carbons (Fsp3) is 0.200. The predicted octanol–water partition coefficient (Wildman–Crippen LogP) is 6.07. The fourth-order valence-corrected chi connectivity index (χ4v) is 4.41. The van der Waals surface area contributed by atoms with Gasteiger partial charge in [-0.3, -0.25) is 9.69 Å². The minimum absolute atomic E-state index is 0.0901. The first-order valence-corrected chi connectivity index (χ1v) is 11.4. The van der Waals surface area contributed by atoms with E-state index in [-0.39, 0.29) is 29.7 Å². The fourth-order valence-electron chi connectivity index (χ4n) is 3.95. The van der Waals surface area contributed by atoms with Crippen LogP contribution >= 0.6 is 15.9 Å².